The van der Waals surface area contributed by atoms with Gasteiger partial charge in [0.2, 0.25) is 5.88 Å². The lowest BCUT2D eigenvalue weighted by Crippen LogP contribution is -1.99. The second-order valence-corrected chi connectivity index (χ2v) is 7.18. The Morgan fingerprint density at radius 3 is 2.56 bits per heavy atom. The Morgan fingerprint density at radius 1 is 1.04 bits per heavy atom. The topological polar surface area (TPSA) is 52.8 Å². The van der Waals surface area contributed by atoms with E-state index < -0.39 is 0 Å². The van der Waals surface area contributed by atoms with E-state index in [0.29, 0.717) is 22.5 Å². The lowest BCUT2D eigenvalue weighted by atomic mass is 10.0. The van der Waals surface area contributed by atoms with Crippen LogP contribution in [-0.2, 0) is 0 Å². The van der Waals surface area contributed by atoms with Crippen molar-refractivity contribution in [1.29, 1.82) is 0 Å². The maximum absolute atomic E-state index is 6.21. The molecular weight excluding hydrogens is 360 g/mol. The number of benzene rings is 2. The minimum Gasteiger partial charge on any atom is -0.438 e. The first-order valence-electron chi connectivity index (χ1n) is 8.76. The molecule has 2 aromatic heterocycles. The van der Waals surface area contributed by atoms with Crippen LogP contribution in [0.25, 0.3) is 16.7 Å². The van der Waals surface area contributed by atoms with Crippen molar-refractivity contribution >= 4 is 22.6 Å². The SMILES string of the molecule is Cc1ccc(C(C)C)c(Oc2ncnc3c2cnn3-c2ccc(Cl)cc2)c1. The van der Waals surface area contributed by atoms with Crippen LogP contribution in [0.4, 0.5) is 0 Å². The zero-order valence-corrected chi connectivity index (χ0v) is 16.1. The van der Waals surface area contributed by atoms with E-state index in [1.807, 2.05) is 37.3 Å². The second kappa shape index (κ2) is 7.00. The highest BCUT2D eigenvalue weighted by molar-refractivity contribution is 6.30. The van der Waals surface area contributed by atoms with Crippen molar-refractivity contribution in [2.45, 2.75) is 26.7 Å². The van der Waals surface area contributed by atoms with Gasteiger partial charge in [-0.15, -0.1) is 0 Å². The third-order valence-corrected chi connectivity index (χ3v) is 4.65. The number of fused-ring (bicyclic) bond motifs is 1. The lowest BCUT2D eigenvalue weighted by Gasteiger charge is -2.14. The van der Waals surface area contributed by atoms with Crippen LogP contribution >= 0.6 is 11.6 Å². The number of aromatic nitrogens is 4. The van der Waals surface area contributed by atoms with Gasteiger partial charge in [0, 0.05) is 5.02 Å². The Bertz CT molecular complexity index is 1100. The van der Waals surface area contributed by atoms with Crippen LogP contribution in [0.15, 0.2) is 55.0 Å². The summed E-state index contributed by atoms with van der Waals surface area (Å²) in [7, 11) is 0. The minimum absolute atomic E-state index is 0.342. The molecule has 27 heavy (non-hydrogen) atoms. The molecule has 0 unspecified atom stereocenters. The molecule has 5 nitrogen and oxygen atoms in total. The van der Waals surface area contributed by atoms with Gasteiger partial charge in [0.1, 0.15) is 17.5 Å². The highest BCUT2D eigenvalue weighted by Crippen LogP contribution is 2.33. The van der Waals surface area contributed by atoms with Crippen molar-refractivity contribution < 1.29 is 4.74 Å². The third kappa shape index (κ3) is 3.38. The van der Waals surface area contributed by atoms with Crippen LogP contribution in [-0.4, -0.2) is 19.7 Å². The van der Waals surface area contributed by atoms with Gasteiger partial charge in [-0.2, -0.15) is 5.10 Å². The fourth-order valence-corrected chi connectivity index (χ4v) is 3.11. The Hall–Kier alpha value is -2.92. The number of aryl methyl sites for hydroxylation is 1. The molecule has 136 valence electrons. The first-order chi connectivity index (χ1) is 13.0. The summed E-state index contributed by atoms with van der Waals surface area (Å²) < 4.78 is 7.96. The van der Waals surface area contributed by atoms with Gasteiger partial charge < -0.3 is 4.74 Å². The summed E-state index contributed by atoms with van der Waals surface area (Å²) in [6.07, 6.45) is 3.22. The molecule has 0 aliphatic heterocycles. The van der Waals surface area contributed by atoms with Gasteiger partial charge in [0.15, 0.2) is 5.65 Å². The molecule has 0 atom stereocenters. The molecule has 0 bridgehead atoms. The lowest BCUT2D eigenvalue weighted by molar-refractivity contribution is 0.459. The van der Waals surface area contributed by atoms with Crippen molar-refractivity contribution in [3.05, 3.63) is 71.1 Å². The van der Waals surface area contributed by atoms with Gasteiger partial charge in [0.25, 0.3) is 0 Å². The molecule has 0 N–H and O–H groups in total. The Labute approximate surface area is 162 Å². The highest BCUT2D eigenvalue weighted by atomic mass is 35.5. The maximum Gasteiger partial charge on any atom is 0.233 e. The predicted molar refractivity (Wildman–Crippen MR) is 107 cm³/mol. The van der Waals surface area contributed by atoms with Gasteiger partial charge >= 0.3 is 0 Å². The minimum atomic E-state index is 0.342. The van der Waals surface area contributed by atoms with E-state index >= 15 is 0 Å². The Kier molecular flexibility index (Phi) is 4.54. The van der Waals surface area contributed by atoms with E-state index in [9.17, 15) is 0 Å². The van der Waals surface area contributed by atoms with E-state index in [2.05, 4.69) is 41.0 Å². The van der Waals surface area contributed by atoms with E-state index in [-0.39, 0.29) is 0 Å². The van der Waals surface area contributed by atoms with E-state index in [1.165, 1.54) is 6.33 Å². The standard InChI is InChI=1S/C21H19ClN4O/c1-13(2)17-9-4-14(3)10-19(17)27-21-18-11-25-26(20(18)23-12-24-21)16-7-5-15(22)6-8-16/h4-13H,1-3H3. The van der Waals surface area contributed by atoms with Crippen LogP contribution in [0.2, 0.25) is 5.02 Å². The van der Waals surface area contributed by atoms with Gasteiger partial charge in [-0.25, -0.2) is 14.6 Å². The molecule has 0 aliphatic rings. The van der Waals surface area contributed by atoms with Crippen LogP contribution in [0.1, 0.15) is 30.9 Å². The third-order valence-electron chi connectivity index (χ3n) is 4.40. The van der Waals surface area contributed by atoms with Crippen LogP contribution < -0.4 is 4.74 Å². The molecule has 0 aliphatic carbocycles. The number of nitrogens with zero attached hydrogens (tertiary/aromatic N) is 4. The van der Waals surface area contributed by atoms with Crippen molar-refractivity contribution in [3.8, 4) is 17.3 Å². The molecular formula is C21H19ClN4O. The predicted octanol–water partition coefficient (Wildman–Crippen LogP) is 5.69. The average Bonchev–Trinajstić information content (AvgIpc) is 3.07. The summed E-state index contributed by atoms with van der Waals surface area (Å²) >= 11 is 5.98. The van der Waals surface area contributed by atoms with Gasteiger partial charge in [-0.3, -0.25) is 0 Å². The molecule has 0 radical (unpaired) electrons. The molecule has 0 fully saturated rings. The summed E-state index contributed by atoms with van der Waals surface area (Å²) in [6, 6.07) is 13.7. The van der Waals surface area contributed by atoms with Crippen LogP contribution in [0.3, 0.4) is 0 Å². The molecule has 2 heterocycles. The molecule has 6 heteroatoms. The van der Waals surface area contributed by atoms with E-state index in [4.69, 9.17) is 16.3 Å². The van der Waals surface area contributed by atoms with Crippen molar-refractivity contribution in [3.63, 3.8) is 0 Å². The largest absolute Gasteiger partial charge is 0.438 e. The molecule has 0 spiro atoms. The monoisotopic (exact) mass is 378 g/mol. The molecule has 4 rings (SSSR count). The number of ether oxygens (including phenoxy) is 1. The summed E-state index contributed by atoms with van der Waals surface area (Å²) in [4.78, 5) is 8.74. The summed E-state index contributed by atoms with van der Waals surface area (Å²) in [6.45, 7) is 6.34. The van der Waals surface area contributed by atoms with E-state index in [0.717, 1.165) is 28.0 Å². The number of hydrogen-bond donors (Lipinski definition) is 0. The number of rotatable bonds is 4. The smallest absolute Gasteiger partial charge is 0.233 e. The molecule has 0 saturated heterocycles. The van der Waals surface area contributed by atoms with Crippen LogP contribution in [0.5, 0.6) is 11.6 Å². The molecule has 2 aromatic carbocycles. The molecule has 0 amide bonds. The maximum atomic E-state index is 6.21. The number of halogens is 1. The second-order valence-electron chi connectivity index (χ2n) is 6.75. The fourth-order valence-electron chi connectivity index (χ4n) is 2.99. The van der Waals surface area contributed by atoms with Crippen molar-refractivity contribution in [1.82, 2.24) is 19.7 Å². The first-order valence-corrected chi connectivity index (χ1v) is 9.14. The van der Waals surface area contributed by atoms with Gasteiger partial charge in [-0.05, 0) is 54.3 Å². The first kappa shape index (κ1) is 17.5. The van der Waals surface area contributed by atoms with Gasteiger partial charge in [0.05, 0.1) is 11.9 Å². The highest BCUT2D eigenvalue weighted by Gasteiger charge is 2.15. The Morgan fingerprint density at radius 2 is 1.81 bits per heavy atom. The summed E-state index contributed by atoms with van der Waals surface area (Å²) in [5.41, 5.74) is 3.83. The van der Waals surface area contributed by atoms with Crippen molar-refractivity contribution in [2.24, 2.45) is 0 Å². The molecule has 4 aromatic rings. The summed E-state index contributed by atoms with van der Waals surface area (Å²) in [5.74, 6) is 1.65. The van der Waals surface area contributed by atoms with E-state index in [1.54, 1.807) is 10.9 Å². The fraction of sp³-hybridized carbons (Fsp3) is 0.190. The zero-order chi connectivity index (χ0) is 19.0. The normalized spacial score (nSPS) is 11.3. The average molecular weight is 379 g/mol. The van der Waals surface area contributed by atoms with Crippen LogP contribution in [0, 0.1) is 6.92 Å². The zero-order valence-electron chi connectivity index (χ0n) is 15.3. The number of hydrogen-bond acceptors (Lipinski definition) is 4. The summed E-state index contributed by atoms with van der Waals surface area (Å²) in [5, 5.41) is 5.89. The van der Waals surface area contributed by atoms with Gasteiger partial charge in [-0.1, -0.05) is 37.6 Å². The molecule has 0 saturated carbocycles. The quantitative estimate of drug-likeness (QED) is 0.457. The van der Waals surface area contributed by atoms with Crippen molar-refractivity contribution in [2.75, 3.05) is 0 Å². The Balaban J connectivity index is 1.79.